The van der Waals surface area contributed by atoms with Gasteiger partial charge < -0.3 is 10.6 Å². The van der Waals surface area contributed by atoms with Crippen molar-refractivity contribution in [2.24, 2.45) is 0 Å². The Hall–Kier alpha value is -4.93. The molecule has 3 rings (SSSR count). The molecule has 0 aliphatic carbocycles. The highest BCUT2D eigenvalue weighted by Gasteiger charge is 2.18. The number of amides is 2. The van der Waals surface area contributed by atoms with Crippen LogP contribution in [0.15, 0.2) is 78.5 Å². The molecule has 0 saturated heterocycles. The zero-order valence-electron chi connectivity index (χ0n) is 16.7. The van der Waals surface area contributed by atoms with Gasteiger partial charge in [0.1, 0.15) is 11.5 Å². The van der Waals surface area contributed by atoms with Gasteiger partial charge in [0.05, 0.1) is 15.4 Å². The second-order valence-corrected chi connectivity index (χ2v) is 6.60. The van der Waals surface area contributed by atoms with Crippen molar-refractivity contribution in [1.82, 2.24) is 5.32 Å². The van der Waals surface area contributed by atoms with Crippen molar-refractivity contribution < 1.29 is 23.8 Å². The number of benzene rings is 3. The Balaban J connectivity index is 1.93. The SMILES string of the molecule is O=C(Nc1ccc([N+](=O)[O-])cc1)/C(=C/c1cccc([N+](=O)[O-])c1)NC(=O)c1ccccc1F. The molecule has 166 valence electrons. The summed E-state index contributed by atoms with van der Waals surface area (Å²) < 4.78 is 14.0. The van der Waals surface area contributed by atoms with Crippen molar-refractivity contribution in [3.8, 4) is 0 Å². The summed E-state index contributed by atoms with van der Waals surface area (Å²) in [7, 11) is 0. The number of hydrogen-bond acceptors (Lipinski definition) is 6. The second-order valence-electron chi connectivity index (χ2n) is 6.60. The molecule has 11 heteroatoms. The van der Waals surface area contributed by atoms with E-state index in [1.54, 1.807) is 0 Å². The van der Waals surface area contributed by atoms with E-state index in [9.17, 15) is 34.2 Å². The van der Waals surface area contributed by atoms with Gasteiger partial charge in [0, 0.05) is 30.0 Å². The summed E-state index contributed by atoms with van der Waals surface area (Å²) in [5.74, 6) is -2.55. The molecular weight excluding hydrogens is 435 g/mol. The first-order valence-corrected chi connectivity index (χ1v) is 9.32. The lowest BCUT2D eigenvalue weighted by Crippen LogP contribution is -2.31. The van der Waals surface area contributed by atoms with Crippen LogP contribution in [0, 0.1) is 26.0 Å². The maximum Gasteiger partial charge on any atom is 0.272 e. The van der Waals surface area contributed by atoms with Crippen LogP contribution in [0.2, 0.25) is 0 Å². The van der Waals surface area contributed by atoms with E-state index in [1.165, 1.54) is 72.8 Å². The highest BCUT2D eigenvalue weighted by molar-refractivity contribution is 6.10. The average molecular weight is 450 g/mol. The van der Waals surface area contributed by atoms with Crippen LogP contribution in [0.25, 0.3) is 6.08 Å². The van der Waals surface area contributed by atoms with E-state index in [0.717, 1.165) is 6.07 Å². The summed E-state index contributed by atoms with van der Waals surface area (Å²) in [6, 6.07) is 15.4. The van der Waals surface area contributed by atoms with E-state index in [2.05, 4.69) is 10.6 Å². The van der Waals surface area contributed by atoms with E-state index < -0.39 is 27.5 Å². The monoisotopic (exact) mass is 450 g/mol. The van der Waals surface area contributed by atoms with Crippen molar-refractivity contribution in [3.05, 3.63) is 116 Å². The number of nitrogens with one attached hydrogen (secondary N) is 2. The molecule has 0 atom stereocenters. The first-order chi connectivity index (χ1) is 15.7. The fraction of sp³-hybridized carbons (Fsp3) is 0. The van der Waals surface area contributed by atoms with Crippen LogP contribution >= 0.6 is 0 Å². The Morgan fingerprint density at radius 2 is 1.52 bits per heavy atom. The van der Waals surface area contributed by atoms with Crippen molar-refractivity contribution in [2.75, 3.05) is 5.32 Å². The summed E-state index contributed by atoms with van der Waals surface area (Å²) in [6.07, 6.45) is 1.19. The molecule has 3 aromatic carbocycles. The number of nitrogens with zero attached hydrogens (tertiary/aromatic N) is 2. The van der Waals surface area contributed by atoms with Crippen molar-refractivity contribution in [2.45, 2.75) is 0 Å². The van der Waals surface area contributed by atoms with Gasteiger partial charge in [0.25, 0.3) is 23.2 Å². The molecule has 0 aliphatic rings. The summed E-state index contributed by atoms with van der Waals surface area (Å²) in [5, 5.41) is 26.6. The maximum absolute atomic E-state index is 14.0. The molecule has 0 saturated carbocycles. The number of rotatable bonds is 7. The number of halogens is 1. The smallest absolute Gasteiger partial charge is 0.272 e. The molecule has 0 aromatic heterocycles. The largest absolute Gasteiger partial charge is 0.321 e. The number of carbonyl (C=O) groups is 2. The van der Waals surface area contributed by atoms with Crippen LogP contribution in [0.3, 0.4) is 0 Å². The first kappa shape index (κ1) is 22.7. The number of nitro groups is 2. The highest BCUT2D eigenvalue weighted by atomic mass is 19.1. The maximum atomic E-state index is 14.0. The van der Waals surface area contributed by atoms with Gasteiger partial charge in [-0.05, 0) is 35.9 Å². The van der Waals surface area contributed by atoms with Crippen LogP contribution < -0.4 is 10.6 Å². The topological polar surface area (TPSA) is 144 Å². The minimum absolute atomic E-state index is 0.187. The van der Waals surface area contributed by atoms with Gasteiger partial charge in [-0.1, -0.05) is 24.3 Å². The van der Waals surface area contributed by atoms with Gasteiger partial charge in [-0.25, -0.2) is 4.39 Å². The summed E-state index contributed by atoms with van der Waals surface area (Å²) in [4.78, 5) is 46.0. The minimum Gasteiger partial charge on any atom is -0.321 e. The van der Waals surface area contributed by atoms with E-state index >= 15 is 0 Å². The third-order valence-electron chi connectivity index (χ3n) is 4.34. The van der Waals surface area contributed by atoms with E-state index in [1.807, 2.05) is 0 Å². The Kier molecular flexibility index (Phi) is 6.84. The third-order valence-corrected chi connectivity index (χ3v) is 4.34. The van der Waals surface area contributed by atoms with E-state index in [-0.39, 0.29) is 33.9 Å². The molecule has 0 radical (unpaired) electrons. The third kappa shape index (κ3) is 5.82. The Bertz CT molecular complexity index is 1270. The molecule has 0 heterocycles. The Morgan fingerprint density at radius 1 is 0.848 bits per heavy atom. The molecule has 2 N–H and O–H groups in total. The number of hydrogen-bond donors (Lipinski definition) is 2. The fourth-order valence-corrected chi connectivity index (χ4v) is 2.75. The predicted octanol–water partition coefficient (Wildman–Crippen LogP) is 4.05. The lowest BCUT2D eigenvalue weighted by atomic mass is 10.1. The summed E-state index contributed by atoms with van der Waals surface area (Å²) in [6.45, 7) is 0. The normalized spacial score (nSPS) is 10.9. The molecule has 0 fully saturated rings. The lowest BCUT2D eigenvalue weighted by molar-refractivity contribution is -0.385. The van der Waals surface area contributed by atoms with Crippen molar-refractivity contribution in [3.63, 3.8) is 0 Å². The van der Waals surface area contributed by atoms with Gasteiger partial charge >= 0.3 is 0 Å². The van der Waals surface area contributed by atoms with Crippen LogP contribution in [0.5, 0.6) is 0 Å². The number of nitro benzene ring substituents is 2. The first-order valence-electron chi connectivity index (χ1n) is 9.32. The average Bonchev–Trinajstić information content (AvgIpc) is 2.79. The van der Waals surface area contributed by atoms with Crippen molar-refractivity contribution >= 4 is 35.0 Å². The molecular formula is C22H15FN4O6. The Morgan fingerprint density at radius 3 is 2.15 bits per heavy atom. The van der Waals surface area contributed by atoms with Gasteiger partial charge in [0.2, 0.25) is 0 Å². The van der Waals surface area contributed by atoms with Gasteiger partial charge in [-0.15, -0.1) is 0 Å². The van der Waals surface area contributed by atoms with Crippen LogP contribution in [0.1, 0.15) is 15.9 Å². The van der Waals surface area contributed by atoms with Crippen LogP contribution in [0.4, 0.5) is 21.5 Å². The molecule has 0 spiro atoms. The molecule has 2 amide bonds. The molecule has 33 heavy (non-hydrogen) atoms. The highest BCUT2D eigenvalue weighted by Crippen LogP contribution is 2.18. The second kappa shape index (κ2) is 9.92. The summed E-state index contributed by atoms with van der Waals surface area (Å²) in [5.41, 5.74) is -0.650. The number of non-ortho nitro benzene ring substituents is 2. The van der Waals surface area contributed by atoms with Gasteiger partial charge in [0.15, 0.2) is 0 Å². The molecule has 3 aromatic rings. The lowest BCUT2D eigenvalue weighted by Gasteiger charge is -2.12. The van der Waals surface area contributed by atoms with Crippen LogP contribution in [-0.2, 0) is 4.79 Å². The van der Waals surface area contributed by atoms with Crippen molar-refractivity contribution in [1.29, 1.82) is 0 Å². The number of carbonyl (C=O) groups excluding carboxylic acids is 2. The molecule has 0 aliphatic heterocycles. The van der Waals surface area contributed by atoms with Gasteiger partial charge in [-0.3, -0.25) is 29.8 Å². The zero-order chi connectivity index (χ0) is 24.0. The number of anilines is 1. The minimum atomic E-state index is -0.913. The molecule has 0 bridgehead atoms. The van der Waals surface area contributed by atoms with E-state index in [4.69, 9.17) is 0 Å². The summed E-state index contributed by atoms with van der Waals surface area (Å²) >= 11 is 0. The molecule has 10 nitrogen and oxygen atoms in total. The Labute approximate surface area is 185 Å². The molecule has 0 unspecified atom stereocenters. The predicted molar refractivity (Wildman–Crippen MR) is 117 cm³/mol. The van der Waals surface area contributed by atoms with Crippen LogP contribution in [-0.4, -0.2) is 21.7 Å². The quantitative estimate of drug-likeness (QED) is 0.316. The van der Waals surface area contributed by atoms with E-state index in [0.29, 0.717) is 0 Å². The fourth-order valence-electron chi connectivity index (χ4n) is 2.75. The standard InChI is InChI=1S/C22H15FN4O6/c23-19-7-2-1-6-18(19)21(28)25-20(13-14-4-3-5-17(12-14)27(32)33)22(29)24-15-8-10-16(11-9-15)26(30)31/h1-13H,(H,24,29)(H,25,28)/b20-13-. The van der Waals surface area contributed by atoms with Gasteiger partial charge in [-0.2, -0.15) is 0 Å². The zero-order valence-corrected chi connectivity index (χ0v) is 16.7.